The summed E-state index contributed by atoms with van der Waals surface area (Å²) in [6.45, 7) is 7.46. The molecular weight excluding hydrogens is 577 g/mol. The Labute approximate surface area is 232 Å². The zero-order valence-corrected chi connectivity index (χ0v) is 23.3. The number of rotatable bonds is 8. The van der Waals surface area contributed by atoms with Crippen molar-refractivity contribution in [3.63, 3.8) is 0 Å². The molecule has 37 heavy (non-hydrogen) atoms. The van der Waals surface area contributed by atoms with Crippen LogP contribution in [0, 0.1) is 21.8 Å². The molecule has 0 radical (unpaired) electrons. The molecule has 6 nitrogen and oxygen atoms in total. The summed E-state index contributed by atoms with van der Waals surface area (Å²) in [6, 6.07) is 24.2. The second-order valence-corrected chi connectivity index (χ2v) is 9.98. The van der Waals surface area contributed by atoms with E-state index in [0.29, 0.717) is 37.8 Å². The van der Waals surface area contributed by atoms with E-state index in [1.54, 1.807) is 11.0 Å². The van der Waals surface area contributed by atoms with Crippen molar-refractivity contribution in [1.29, 1.82) is 5.26 Å². The van der Waals surface area contributed by atoms with Crippen LogP contribution in [-0.2, 0) is 11.4 Å². The monoisotopic (exact) mass is 607 g/mol. The summed E-state index contributed by atoms with van der Waals surface area (Å²) in [5, 5.41) is 9.81. The van der Waals surface area contributed by atoms with E-state index in [1.165, 1.54) is 5.56 Å². The molecule has 4 rings (SSSR count). The molecule has 1 heterocycles. The SMILES string of the molecule is CCOc1cc(/C=C(/C#N)C(=O)N2CCN(c3ccccc3)CC2)cc(I)c1OCc1ccc(C)cc1. The summed E-state index contributed by atoms with van der Waals surface area (Å²) in [6.07, 6.45) is 1.64. The molecule has 7 heteroatoms. The molecule has 3 aromatic rings. The topological polar surface area (TPSA) is 65.8 Å². The van der Waals surface area contributed by atoms with E-state index in [0.717, 1.165) is 33.5 Å². The van der Waals surface area contributed by atoms with Crippen LogP contribution in [0.5, 0.6) is 11.5 Å². The Morgan fingerprint density at radius 1 is 1.03 bits per heavy atom. The predicted octanol–water partition coefficient (Wildman–Crippen LogP) is 5.83. The zero-order chi connectivity index (χ0) is 26.2. The molecule has 0 saturated carbocycles. The first-order valence-electron chi connectivity index (χ1n) is 12.3. The number of nitriles is 1. The fourth-order valence-electron chi connectivity index (χ4n) is 4.20. The second-order valence-electron chi connectivity index (χ2n) is 8.82. The average molecular weight is 607 g/mol. The van der Waals surface area contributed by atoms with Crippen molar-refractivity contribution in [3.8, 4) is 17.6 Å². The third kappa shape index (κ3) is 6.83. The number of nitrogens with zero attached hydrogens (tertiary/aromatic N) is 3. The molecule has 1 aliphatic rings. The zero-order valence-electron chi connectivity index (χ0n) is 21.1. The summed E-state index contributed by atoms with van der Waals surface area (Å²) in [5.74, 6) is 0.999. The maximum absolute atomic E-state index is 13.2. The van der Waals surface area contributed by atoms with Crippen molar-refractivity contribution in [2.45, 2.75) is 20.5 Å². The van der Waals surface area contributed by atoms with E-state index in [9.17, 15) is 10.1 Å². The highest BCUT2D eigenvalue weighted by Crippen LogP contribution is 2.35. The number of hydrogen-bond donors (Lipinski definition) is 0. The fraction of sp³-hybridized carbons (Fsp3) is 0.267. The van der Waals surface area contributed by atoms with Crippen molar-refractivity contribution in [2.75, 3.05) is 37.7 Å². The van der Waals surface area contributed by atoms with Gasteiger partial charge in [-0.2, -0.15) is 5.26 Å². The van der Waals surface area contributed by atoms with Crippen LogP contribution >= 0.6 is 22.6 Å². The number of carbonyl (C=O) groups is 1. The van der Waals surface area contributed by atoms with Crippen molar-refractivity contribution >= 4 is 40.3 Å². The Morgan fingerprint density at radius 3 is 2.38 bits per heavy atom. The minimum Gasteiger partial charge on any atom is -0.490 e. The average Bonchev–Trinajstić information content (AvgIpc) is 2.92. The standard InChI is InChI=1S/C30H30IN3O3/c1-3-36-28-19-24(18-27(31)29(28)37-21-23-11-9-22(2)10-12-23)17-25(20-32)30(35)34-15-13-33(14-16-34)26-7-5-4-6-8-26/h4-12,17-19H,3,13-16,21H2,1-2H3/b25-17-. The van der Waals surface area contributed by atoms with Gasteiger partial charge in [-0.05, 0) is 77.9 Å². The highest BCUT2D eigenvalue weighted by Gasteiger charge is 2.24. The first kappa shape index (κ1) is 26.6. The van der Waals surface area contributed by atoms with Crippen LogP contribution < -0.4 is 14.4 Å². The van der Waals surface area contributed by atoms with E-state index in [4.69, 9.17) is 9.47 Å². The van der Waals surface area contributed by atoms with E-state index in [1.807, 2.05) is 49.4 Å². The van der Waals surface area contributed by atoms with Crippen molar-refractivity contribution in [2.24, 2.45) is 0 Å². The first-order chi connectivity index (χ1) is 18.0. The lowest BCUT2D eigenvalue weighted by molar-refractivity contribution is -0.126. The van der Waals surface area contributed by atoms with E-state index >= 15 is 0 Å². The molecular formula is C30H30IN3O3. The summed E-state index contributed by atoms with van der Waals surface area (Å²) in [4.78, 5) is 17.2. The number of piperazine rings is 1. The molecule has 0 bridgehead atoms. The lowest BCUT2D eigenvalue weighted by Crippen LogP contribution is -2.49. The number of aryl methyl sites for hydroxylation is 1. The van der Waals surface area contributed by atoms with Crippen LogP contribution in [0.1, 0.15) is 23.6 Å². The molecule has 0 aliphatic carbocycles. The molecule has 0 N–H and O–H groups in total. The van der Waals surface area contributed by atoms with Crippen molar-refractivity contribution < 1.29 is 14.3 Å². The van der Waals surface area contributed by atoms with Crippen LogP contribution in [0.4, 0.5) is 5.69 Å². The van der Waals surface area contributed by atoms with E-state index < -0.39 is 0 Å². The van der Waals surface area contributed by atoms with Crippen LogP contribution in [0.15, 0.2) is 72.3 Å². The summed E-state index contributed by atoms with van der Waals surface area (Å²) >= 11 is 2.21. The number of para-hydroxylation sites is 1. The molecule has 3 aromatic carbocycles. The van der Waals surface area contributed by atoms with Crippen LogP contribution in [0.3, 0.4) is 0 Å². The normalized spacial score (nSPS) is 13.7. The Hall–Kier alpha value is -3.51. The first-order valence-corrected chi connectivity index (χ1v) is 13.4. The van der Waals surface area contributed by atoms with Crippen LogP contribution in [-0.4, -0.2) is 43.6 Å². The number of hydrogen-bond acceptors (Lipinski definition) is 5. The minimum absolute atomic E-state index is 0.111. The van der Waals surface area contributed by atoms with E-state index in [2.05, 4.69) is 64.7 Å². The Morgan fingerprint density at radius 2 is 1.73 bits per heavy atom. The van der Waals surface area contributed by atoms with Gasteiger partial charge in [-0.1, -0.05) is 48.0 Å². The van der Waals surface area contributed by atoms with Gasteiger partial charge in [-0.3, -0.25) is 4.79 Å². The fourth-order valence-corrected chi connectivity index (χ4v) is 4.98. The lowest BCUT2D eigenvalue weighted by Gasteiger charge is -2.36. The smallest absolute Gasteiger partial charge is 0.264 e. The number of amides is 1. The van der Waals surface area contributed by atoms with Gasteiger partial charge in [-0.25, -0.2) is 0 Å². The summed E-state index contributed by atoms with van der Waals surface area (Å²) in [7, 11) is 0. The third-order valence-electron chi connectivity index (χ3n) is 6.19. The Balaban J connectivity index is 1.48. The van der Waals surface area contributed by atoms with Gasteiger partial charge >= 0.3 is 0 Å². The number of benzene rings is 3. The predicted molar refractivity (Wildman–Crippen MR) is 155 cm³/mol. The van der Waals surface area contributed by atoms with Gasteiger partial charge in [0, 0.05) is 31.9 Å². The molecule has 190 valence electrons. The number of ether oxygens (including phenoxy) is 2. The van der Waals surface area contributed by atoms with Crippen LogP contribution in [0.25, 0.3) is 6.08 Å². The van der Waals surface area contributed by atoms with Crippen LogP contribution in [0.2, 0.25) is 0 Å². The lowest BCUT2D eigenvalue weighted by atomic mass is 10.1. The molecule has 0 aromatic heterocycles. The molecule has 0 atom stereocenters. The van der Waals surface area contributed by atoms with Crippen molar-refractivity contribution in [3.05, 3.63) is 92.6 Å². The van der Waals surface area contributed by atoms with Crippen molar-refractivity contribution in [1.82, 2.24) is 4.90 Å². The number of anilines is 1. The molecule has 1 amide bonds. The largest absolute Gasteiger partial charge is 0.490 e. The van der Waals surface area contributed by atoms with Gasteiger partial charge in [0.05, 0.1) is 10.2 Å². The number of carbonyl (C=O) groups excluding carboxylic acids is 1. The number of halogens is 1. The highest BCUT2D eigenvalue weighted by atomic mass is 127. The van der Waals surface area contributed by atoms with Gasteiger partial charge in [0.1, 0.15) is 18.2 Å². The third-order valence-corrected chi connectivity index (χ3v) is 6.99. The summed E-state index contributed by atoms with van der Waals surface area (Å²) < 4.78 is 12.8. The molecule has 1 aliphatic heterocycles. The summed E-state index contributed by atoms with van der Waals surface area (Å²) in [5.41, 5.74) is 4.25. The van der Waals surface area contributed by atoms with Gasteiger partial charge in [-0.15, -0.1) is 0 Å². The quantitative estimate of drug-likeness (QED) is 0.183. The molecule has 1 saturated heterocycles. The minimum atomic E-state index is -0.247. The highest BCUT2D eigenvalue weighted by molar-refractivity contribution is 14.1. The van der Waals surface area contributed by atoms with Gasteiger partial charge in [0.15, 0.2) is 11.5 Å². The van der Waals surface area contributed by atoms with Gasteiger partial charge < -0.3 is 19.3 Å². The van der Waals surface area contributed by atoms with Gasteiger partial charge in [0.2, 0.25) is 0 Å². The molecule has 0 spiro atoms. The molecule has 0 unspecified atom stereocenters. The second kappa shape index (κ2) is 12.6. The van der Waals surface area contributed by atoms with E-state index in [-0.39, 0.29) is 11.5 Å². The Bertz CT molecular complexity index is 1290. The molecule has 1 fully saturated rings. The Kier molecular flexibility index (Phi) is 9.07. The maximum Gasteiger partial charge on any atom is 0.264 e. The maximum atomic E-state index is 13.2. The van der Waals surface area contributed by atoms with Gasteiger partial charge in [0.25, 0.3) is 5.91 Å².